The lowest BCUT2D eigenvalue weighted by atomic mass is 10.3. The third-order valence-corrected chi connectivity index (χ3v) is 2.63. The Kier molecular flexibility index (Phi) is 3.22. The third kappa shape index (κ3) is 2.23. The van der Waals surface area contributed by atoms with Crippen molar-refractivity contribution in [2.45, 2.75) is 13.5 Å². The van der Waals surface area contributed by atoms with Crippen molar-refractivity contribution in [1.82, 2.24) is 20.1 Å². The van der Waals surface area contributed by atoms with Crippen molar-refractivity contribution in [3.63, 3.8) is 0 Å². The molecule has 0 fully saturated rings. The van der Waals surface area contributed by atoms with Crippen LogP contribution in [0.5, 0.6) is 0 Å². The molecule has 1 N–H and O–H groups in total. The number of rotatable bonds is 3. The van der Waals surface area contributed by atoms with Gasteiger partial charge >= 0.3 is 0 Å². The van der Waals surface area contributed by atoms with E-state index >= 15 is 0 Å². The highest BCUT2D eigenvalue weighted by atomic mass is 35.5. The quantitative estimate of drug-likeness (QED) is 0.886. The van der Waals surface area contributed by atoms with Crippen LogP contribution < -0.4 is 5.32 Å². The average Bonchev–Trinajstić information content (AvgIpc) is 2.60. The summed E-state index contributed by atoms with van der Waals surface area (Å²) >= 11 is 5.97. The number of hydrogen-bond acceptors (Lipinski definition) is 3. The van der Waals surface area contributed by atoms with Gasteiger partial charge in [-0.05, 0) is 26.1 Å². The second kappa shape index (κ2) is 4.63. The van der Waals surface area contributed by atoms with Crippen molar-refractivity contribution in [2.75, 3.05) is 7.05 Å². The molecule has 0 aliphatic heterocycles. The van der Waals surface area contributed by atoms with Gasteiger partial charge < -0.3 is 5.32 Å². The molecule has 84 valence electrons. The molecule has 0 radical (unpaired) electrons. The molecule has 2 aromatic heterocycles. The Morgan fingerprint density at radius 2 is 2.31 bits per heavy atom. The first-order valence-corrected chi connectivity index (χ1v) is 5.40. The number of aromatic nitrogens is 3. The van der Waals surface area contributed by atoms with Gasteiger partial charge in [0.1, 0.15) is 0 Å². The summed E-state index contributed by atoms with van der Waals surface area (Å²) in [6.45, 7) is 2.62. The van der Waals surface area contributed by atoms with Gasteiger partial charge in [0.05, 0.1) is 22.1 Å². The Hall–Kier alpha value is -1.39. The van der Waals surface area contributed by atoms with Crippen LogP contribution in [0.15, 0.2) is 24.5 Å². The average molecular weight is 237 g/mol. The van der Waals surface area contributed by atoms with E-state index in [1.807, 2.05) is 26.1 Å². The van der Waals surface area contributed by atoms with Gasteiger partial charge in [-0.3, -0.25) is 4.98 Å². The molecule has 5 heteroatoms. The number of halogens is 1. The molecule has 0 bridgehead atoms. The van der Waals surface area contributed by atoms with Crippen LogP contribution in [-0.4, -0.2) is 21.8 Å². The monoisotopic (exact) mass is 236 g/mol. The summed E-state index contributed by atoms with van der Waals surface area (Å²) in [5, 5.41) is 8.05. The summed E-state index contributed by atoms with van der Waals surface area (Å²) in [6, 6.07) is 3.89. The molecule has 0 aliphatic carbocycles. The Morgan fingerprint density at radius 1 is 1.50 bits per heavy atom. The number of nitrogens with zero attached hydrogens (tertiary/aromatic N) is 3. The van der Waals surface area contributed by atoms with Crippen molar-refractivity contribution >= 4 is 11.6 Å². The minimum absolute atomic E-state index is 0.673. The Bertz CT molecular complexity index is 473. The summed E-state index contributed by atoms with van der Waals surface area (Å²) in [7, 11) is 1.89. The SMILES string of the molecule is CNCc1cc(-n2cc(Cl)c(C)n2)ccn1. The zero-order valence-corrected chi connectivity index (χ0v) is 9.99. The minimum Gasteiger partial charge on any atom is -0.314 e. The summed E-state index contributed by atoms with van der Waals surface area (Å²) in [4.78, 5) is 4.25. The van der Waals surface area contributed by atoms with E-state index in [0.29, 0.717) is 5.02 Å². The molecule has 0 saturated carbocycles. The van der Waals surface area contributed by atoms with Gasteiger partial charge in [-0.25, -0.2) is 4.68 Å². The Labute approximate surface area is 99.3 Å². The van der Waals surface area contributed by atoms with Gasteiger partial charge in [0.2, 0.25) is 0 Å². The zero-order chi connectivity index (χ0) is 11.5. The van der Waals surface area contributed by atoms with E-state index in [2.05, 4.69) is 15.4 Å². The molecular formula is C11H13ClN4. The van der Waals surface area contributed by atoms with Crippen LogP contribution in [0.2, 0.25) is 5.02 Å². The Morgan fingerprint density at radius 3 is 2.94 bits per heavy atom. The maximum Gasteiger partial charge on any atom is 0.0819 e. The van der Waals surface area contributed by atoms with E-state index in [9.17, 15) is 0 Å². The van der Waals surface area contributed by atoms with E-state index in [4.69, 9.17) is 11.6 Å². The molecule has 0 amide bonds. The molecule has 4 nitrogen and oxygen atoms in total. The van der Waals surface area contributed by atoms with Crippen LogP contribution in [0.4, 0.5) is 0 Å². The molecule has 0 aromatic carbocycles. The van der Waals surface area contributed by atoms with Crippen molar-refractivity contribution in [2.24, 2.45) is 0 Å². The van der Waals surface area contributed by atoms with Crippen LogP contribution in [0, 0.1) is 6.92 Å². The standard InChI is InChI=1S/C11H13ClN4/c1-8-11(12)7-16(15-8)10-3-4-14-9(5-10)6-13-2/h3-5,7,13H,6H2,1-2H3. The summed E-state index contributed by atoms with van der Waals surface area (Å²) in [5.74, 6) is 0. The van der Waals surface area contributed by atoms with Crippen molar-refractivity contribution in [1.29, 1.82) is 0 Å². The fourth-order valence-corrected chi connectivity index (χ4v) is 1.59. The summed E-state index contributed by atoms with van der Waals surface area (Å²) < 4.78 is 1.76. The third-order valence-electron chi connectivity index (χ3n) is 2.26. The van der Waals surface area contributed by atoms with E-state index in [1.165, 1.54) is 0 Å². The second-order valence-corrected chi connectivity index (χ2v) is 3.95. The van der Waals surface area contributed by atoms with Crippen LogP contribution >= 0.6 is 11.6 Å². The molecule has 16 heavy (non-hydrogen) atoms. The second-order valence-electron chi connectivity index (χ2n) is 3.54. The fourth-order valence-electron chi connectivity index (χ4n) is 1.46. The van der Waals surface area contributed by atoms with Crippen LogP contribution in [0.3, 0.4) is 0 Å². The highest BCUT2D eigenvalue weighted by Crippen LogP contribution is 2.16. The molecule has 0 atom stereocenters. The number of hydrogen-bond donors (Lipinski definition) is 1. The maximum atomic E-state index is 5.97. The smallest absolute Gasteiger partial charge is 0.0819 e. The van der Waals surface area contributed by atoms with Gasteiger partial charge in [0.25, 0.3) is 0 Å². The molecule has 0 aliphatic rings. The Balaban J connectivity index is 2.36. The number of aryl methyl sites for hydroxylation is 1. The fraction of sp³-hybridized carbons (Fsp3) is 0.273. The van der Waals surface area contributed by atoms with Crippen LogP contribution in [0.25, 0.3) is 5.69 Å². The largest absolute Gasteiger partial charge is 0.314 e. The molecule has 2 aromatic rings. The molecule has 0 saturated heterocycles. The summed E-state index contributed by atoms with van der Waals surface area (Å²) in [6.07, 6.45) is 3.57. The van der Waals surface area contributed by atoms with E-state index < -0.39 is 0 Å². The lowest BCUT2D eigenvalue weighted by Crippen LogP contribution is -2.07. The lowest BCUT2D eigenvalue weighted by Gasteiger charge is -2.03. The van der Waals surface area contributed by atoms with Crippen LogP contribution in [0.1, 0.15) is 11.4 Å². The van der Waals surface area contributed by atoms with E-state index in [-0.39, 0.29) is 0 Å². The van der Waals surface area contributed by atoms with Crippen molar-refractivity contribution in [3.05, 3.63) is 40.9 Å². The van der Waals surface area contributed by atoms with Gasteiger partial charge in [-0.2, -0.15) is 5.10 Å². The first kappa shape index (κ1) is 11.1. The van der Waals surface area contributed by atoms with Crippen molar-refractivity contribution < 1.29 is 0 Å². The molecule has 0 spiro atoms. The molecule has 0 unspecified atom stereocenters. The normalized spacial score (nSPS) is 10.7. The summed E-state index contributed by atoms with van der Waals surface area (Å²) in [5.41, 5.74) is 2.77. The zero-order valence-electron chi connectivity index (χ0n) is 9.24. The molecule has 2 heterocycles. The minimum atomic E-state index is 0.673. The lowest BCUT2D eigenvalue weighted by molar-refractivity contribution is 0.783. The highest BCUT2D eigenvalue weighted by Gasteiger charge is 2.04. The highest BCUT2D eigenvalue weighted by molar-refractivity contribution is 6.31. The number of pyridine rings is 1. The topological polar surface area (TPSA) is 42.7 Å². The van der Waals surface area contributed by atoms with Crippen LogP contribution in [-0.2, 0) is 6.54 Å². The molecular weight excluding hydrogens is 224 g/mol. The molecule has 2 rings (SSSR count). The van der Waals surface area contributed by atoms with Gasteiger partial charge in [0.15, 0.2) is 0 Å². The first-order chi connectivity index (χ1) is 7.70. The van der Waals surface area contributed by atoms with Gasteiger partial charge in [0, 0.05) is 18.9 Å². The van der Waals surface area contributed by atoms with Gasteiger partial charge in [-0.1, -0.05) is 11.6 Å². The van der Waals surface area contributed by atoms with E-state index in [0.717, 1.165) is 23.6 Å². The predicted molar refractivity (Wildman–Crippen MR) is 63.9 cm³/mol. The van der Waals surface area contributed by atoms with Gasteiger partial charge in [-0.15, -0.1) is 0 Å². The van der Waals surface area contributed by atoms with E-state index in [1.54, 1.807) is 17.1 Å². The predicted octanol–water partition coefficient (Wildman–Crippen LogP) is 1.95. The van der Waals surface area contributed by atoms with Crippen molar-refractivity contribution in [3.8, 4) is 5.69 Å². The first-order valence-electron chi connectivity index (χ1n) is 5.02. The number of nitrogens with one attached hydrogen (secondary N) is 1. The maximum absolute atomic E-state index is 5.97.